The van der Waals surface area contributed by atoms with Gasteiger partial charge in [0.1, 0.15) is 11.8 Å². The normalized spacial score (nSPS) is 20.5. The van der Waals surface area contributed by atoms with E-state index in [1.54, 1.807) is 0 Å². The summed E-state index contributed by atoms with van der Waals surface area (Å²) in [4.78, 5) is 14.3. The van der Waals surface area contributed by atoms with Crippen LogP contribution < -0.4 is 10.6 Å². The minimum absolute atomic E-state index is 0.0847. The molecule has 6 nitrogen and oxygen atoms in total. The lowest BCUT2D eigenvalue weighted by molar-refractivity contribution is -0.127. The van der Waals surface area contributed by atoms with Crippen molar-refractivity contribution in [1.82, 2.24) is 20.7 Å². The van der Waals surface area contributed by atoms with Gasteiger partial charge < -0.3 is 15.2 Å². The summed E-state index contributed by atoms with van der Waals surface area (Å²) in [6.07, 6.45) is 0. The molecule has 0 bridgehead atoms. The molecule has 2 heterocycles. The van der Waals surface area contributed by atoms with Gasteiger partial charge in [0.2, 0.25) is 5.91 Å². The first-order valence-electron chi connectivity index (χ1n) is 6.77. The van der Waals surface area contributed by atoms with Gasteiger partial charge in [0.15, 0.2) is 0 Å². The Hall–Kier alpha value is -1.40. The average molecular weight is 266 g/mol. The highest BCUT2D eigenvalue weighted by Gasteiger charge is 2.29. The molecule has 0 aliphatic carbocycles. The van der Waals surface area contributed by atoms with Crippen molar-refractivity contribution in [3.8, 4) is 0 Å². The Morgan fingerprint density at radius 1 is 1.58 bits per heavy atom. The Morgan fingerprint density at radius 3 is 3.00 bits per heavy atom. The molecule has 0 saturated carbocycles. The van der Waals surface area contributed by atoms with Crippen molar-refractivity contribution in [2.45, 2.75) is 33.4 Å². The Bertz CT molecular complexity index is 424. The maximum absolute atomic E-state index is 12.1. The number of piperazine rings is 1. The number of hydrogen-bond donors (Lipinski definition) is 2. The lowest BCUT2D eigenvalue weighted by Gasteiger charge is -2.35. The molecule has 1 unspecified atom stereocenters. The Labute approximate surface area is 113 Å². The predicted molar refractivity (Wildman–Crippen MR) is 71.7 cm³/mol. The van der Waals surface area contributed by atoms with Crippen LogP contribution >= 0.6 is 0 Å². The molecule has 2 rings (SSSR count). The molecule has 0 radical (unpaired) electrons. The van der Waals surface area contributed by atoms with Crippen LogP contribution in [0.2, 0.25) is 0 Å². The van der Waals surface area contributed by atoms with Crippen LogP contribution in [0.3, 0.4) is 0 Å². The summed E-state index contributed by atoms with van der Waals surface area (Å²) < 4.78 is 5.19. The zero-order chi connectivity index (χ0) is 13.8. The Kier molecular flexibility index (Phi) is 4.55. The topological polar surface area (TPSA) is 70.4 Å². The summed E-state index contributed by atoms with van der Waals surface area (Å²) in [6.45, 7) is 9.61. The third-order valence-corrected chi connectivity index (χ3v) is 3.55. The summed E-state index contributed by atoms with van der Waals surface area (Å²) in [6, 6.07) is -0.123. The zero-order valence-corrected chi connectivity index (χ0v) is 11.8. The minimum atomic E-state index is -0.123. The maximum atomic E-state index is 12.1. The summed E-state index contributed by atoms with van der Waals surface area (Å²) in [5.74, 6) is 0.923. The van der Waals surface area contributed by atoms with Gasteiger partial charge in [-0.2, -0.15) is 0 Å². The average Bonchev–Trinajstić information content (AvgIpc) is 2.71. The molecule has 1 aliphatic rings. The number of likely N-dealkylation sites (N-methyl/N-ethyl adjacent to an activating group) is 1. The van der Waals surface area contributed by atoms with E-state index in [0.29, 0.717) is 19.6 Å². The lowest BCUT2D eigenvalue weighted by atomic mass is 10.1. The molecule has 1 aromatic rings. The number of rotatable bonds is 4. The molecule has 1 fully saturated rings. The highest BCUT2D eigenvalue weighted by atomic mass is 16.5. The molecule has 1 amide bonds. The van der Waals surface area contributed by atoms with E-state index < -0.39 is 0 Å². The van der Waals surface area contributed by atoms with Gasteiger partial charge in [-0.25, -0.2) is 0 Å². The zero-order valence-electron chi connectivity index (χ0n) is 11.8. The van der Waals surface area contributed by atoms with Crippen molar-refractivity contribution in [2.75, 3.05) is 26.2 Å². The van der Waals surface area contributed by atoms with E-state index in [0.717, 1.165) is 30.1 Å². The van der Waals surface area contributed by atoms with Gasteiger partial charge in [0, 0.05) is 38.3 Å². The van der Waals surface area contributed by atoms with E-state index in [2.05, 4.69) is 20.7 Å². The highest BCUT2D eigenvalue weighted by Crippen LogP contribution is 2.17. The van der Waals surface area contributed by atoms with E-state index in [4.69, 9.17) is 4.52 Å². The molecule has 2 N–H and O–H groups in total. The monoisotopic (exact) mass is 266 g/mol. The van der Waals surface area contributed by atoms with Crippen molar-refractivity contribution in [3.63, 3.8) is 0 Å². The van der Waals surface area contributed by atoms with Crippen LogP contribution in [0.1, 0.15) is 23.9 Å². The highest BCUT2D eigenvalue weighted by molar-refractivity contribution is 5.82. The van der Waals surface area contributed by atoms with Gasteiger partial charge in [-0.3, -0.25) is 9.69 Å². The summed E-state index contributed by atoms with van der Waals surface area (Å²) in [5.41, 5.74) is 2.00. The van der Waals surface area contributed by atoms with Gasteiger partial charge in [-0.15, -0.1) is 0 Å². The van der Waals surface area contributed by atoms with Crippen molar-refractivity contribution >= 4 is 5.91 Å². The molecular weight excluding hydrogens is 244 g/mol. The fraction of sp³-hybridized carbons (Fsp3) is 0.692. The molecule has 19 heavy (non-hydrogen) atoms. The molecule has 0 spiro atoms. The second-order valence-corrected chi connectivity index (χ2v) is 4.89. The number of nitrogens with zero attached hydrogens (tertiary/aromatic N) is 2. The molecule has 1 saturated heterocycles. The van der Waals surface area contributed by atoms with Gasteiger partial charge in [-0.05, 0) is 20.8 Å². The number of hydrogen-bond acceptors (Lipinski definition) is 5. The van der Waals surface area contributed by atoms with Crippen molar-refractivity contribution < 1.29 is 9.32 Å². The van der Waals surface area contributed by atoms with Gasteiger partial charge in [0.25, 0.3) is 0 Å². The summed E-state index contributed by atoms with van der Waals surface area (Å²) >= 11 is 0. The minimum Gasteiger partial charge on any atom is -0.361 e. The van der Waals surface area contributed by atoms with Crippen LogP contribution in [0.5, 0.6) is 0 Å². The van der Waals surface area contributed by atoms with E-state index in [1.807, 2.05) is 20.8 Å². The van der Waals surface area contributed by atoms with Crippen molar-refractivity contribution in [1.29, 1.82) is 0 Å². The van der Waals surface area contributed by atoms with Crippen LogP contribution in [0.15, 0.2) is 4.52 Å². The number of nitrogens with one attached hydrogen (secondary N) is 2. The van der Waals surface area contributed by atoms with Crippen LogP contribution in [0.4, 0.5) is 0 Å². The smallest absolute Gasteiger partial charge is 0.238 e. The maximum Gasteiger partial charge on any atom is 0.238 e. The Morgan fingerprint density at radius 2 is 2.37 bits per heavy atom. The molecular formula is C13H22N4O2. The number of amides is 1. The lowest BCUT2D eigenvalue weighted by Crippen LogP contribution is -2.57. The van der Waals surface area contributed by atoms with E-state index in [-0.39, 0.29) is 11.9 Å². The molecule has 1 aromatic heterocycles. The standard InChI is InChI=1S/C13H22N4O2/c1-4-15-13(18)12-7-14-5-6-17(12)8-11-9(2)16-19-10(11)3/h12,14H,4-8H2,1-3H3,(H,15,18). The van der Waals surface area contributed by atoms with Gasteiger partial charge >= 0.3 is 0 Å². The number of aromatic nitrogens is 1. The molecule has 1 atom stereocenters. The number of carbonyl (C=O) groups excluding carboxylic acids is 1. The van der Waals surface area contributed by atoms with Crippen molar-refractivity contribution in [3.05, 3.63) is 17.0 Å². The molecule has 0 aromatic carbocycles. The van der Waals surface area contributed by atoms with Crippen LogP contribution in [0.25, 0.3) is 0 Å². The fourth-order valence-electron chi connectivity index (χ4n) is 2.42. The largest absolute Gasteiger partial charge is 0.361 e. The van der Waals surface area contributed by atoms with E-state index >= 15 is 0 Å². The van der Waals surface area contributed by atoms with Gasteiger partial charge in [-0.1, -0.05) is 5.16 Å². The summed E-state index contributed by atoms with van der Waals surface area (Å²) in [5, 5.41) is 10.1. The molecule has 6 heteroatoms. The van der Waals surface area contributed by atoms with Crippen LogP contribution in [-0.4, -0.2) is 48.2 Å². The fourth-order valence-corrected chi connectivity index (χ4v) is 2.42. The predicted octanol–water partition coefficient (Wildman–Crippen LogP) is 0.201. The first-order chi connectivity index (χ1) is 9.13. The van der Waals surface area contributed by atoms with Crippen molar-refractivity contribution in [2.24, 2.45) is 0 Å². The second kappa shape index (κ2) is 6.16. The summed E-state index contributed by atoms with van der Waals surface area (Å²) in [7, 11) is 0. The SMILES string of the molecule is CCNC(=O)C1CNCCN1Cc1c(C)noc1C. The van der Waals surface area contributed by atoms with Crippen LogP contribution in [0, 0.1) is 13.8 Å². The molecule has 106 valence electrons. The van der Waals surface area contributed by atoms with E-state index in [9.17, 15) is 4.79 Å². The third kappa shape index (κ3) is 3.13. The first-order valence-corrected chi connectivity index (χ1v) is 6.77. The van der Waals surface area contributed by atoms with Crippen LogP contribution in [-0.2, 0) is 11.3 Å². The van der Waals surface area contributed by atoms with Gasteiger partial charge in [0.05, 0.1) is 5.69 Å². The second-order valence-electron chi connectivity index (χ2n) is 4.89. The Balaban J connectivity index is 2.10. The number of aryl methyl sites for hydroxylation is 2. The molecule has 1 aliphatic heterocycles. The first kappa shape index (κ1) is 14.0. The number of carbonyl (C=O) groups is 1. The third-order valence-electron chi connectivity index (χ3n) is 3.55. The van der Waals surface area contributed by atoms with E-state index in [1.165, 1.54) is 0 Å². The quantitative estimate of drug-likeness (QED) is 0.815.